The normalized spacial score (nSPS) is 10.8. The van der Waals surface area contributed by atoms with Crippen LogP contribution in [0, 0.1) is 6.92 Å². The van der Waals surface area contributed by atoms with Gasteiger partial charge in [0.15, 0.2) is 0 Å². The molecule has 0 spiro atoms. The van der Waals surface area contributed by atoms with Crippen molar-refractivity contribution >= 4 is 29.0 Å². The number of amides is 1. The molecule has 0 aromatic carbocycles. The molecule has 0 radical (unpaired) electrons. The van der Waals surface area contributed by atoms with E-state index >= 15 is 0 Å². The summed E-state index contributed by atoms with van der Waals surface area (Å²) in [5.41, 5.74) is 1.15. The van der Waals surface area contributed by atoms with E-state index in [9.17, 15) is 4.79 Å². The summed E-state index contributed by atoms with van der Waals surface area (Å²) in [4.78, 5) is 14.0. The Labute approximate surface area is 126 Å². The van der Waals surface area contributed by atoms with E-state index in [-0.39, 0.29) is 5.91 Å². The summed E-state index contributed by atoms with van der Waals surface area (Å²) in [6.07, 6.45) is 1.35. The molecule has 0 saturated carbocycles. The molecule has 7 heteroatoms. The van der Waals surface area contributed by atoms with Crippen LogP contribution in [0.5, 0.6) is 0 Å². The molecule has 0 unspecified atom stereocenters. The second kappa shape index (κ2) is 6.90. The second-order valence-corrected chi connectivity index (χ2v) is 6.51. The monoisotopic (exact) mass is 311 g/mol. The van der Waals surface area contributed by atoms with E-state index in [1.165, 1.54) is 11.8 Å². The van der Waals surface area contributed by atoms with Gasteiger partial charge < -0.3 is 9.32 Å². The van der Waals surface area contributed by atoms with Gasteiger partial charge in [0.1, 0.15) is 0 Å². The standard InChI is InChI=1S/C13H17N3O2S2/c1-9-6-8-19-11(9)12-14-15-13(18-12)20-7-4-5-10(17)16(2)3/h6,8H,4-5,7H2,1-3H3. The molecular formula is C13H17N3O2S2. The van der Waals surface area contributed by atoms with Crippen LogP contribution in [0.25, 0.3) is 10.8 Å². The van der Waals surface area contributed by atoms with Gasteiger partial charge >= 0.3 is 0 Å². The van der Waals surface area contributed by atoms with Gasteiger partial charge in [0.05, 0.1) is 4.88 Å². The average molecular weight is 311 g/mol. The second-order valence-electron chi connectivity index (χ2n) is 4.55. The third-order valence-electron chi connectivity index (χ3n) is 2.72. The smallest absolute Gasteiger partial charge is 0.276 e. The van der Waals surface area contributed by atoms with E-state index in [1.54, 1.807) is 30.3 Å². The summed E-state index contributed by atoms with van der Waals surface area (Å²) in [7, 11) is 3.53. The molecule has 2 rings (SSSR count). The molecule has 0 aliphatic heterocycles. The lowest BCUT2D eigenvalue weighted by molar-refractivity contribution is -0.128. The van der Waals surface area contributed by atoms with Crippen molar-refractivity contribution in [2.45, 2.75) is 25.0 Å². The zero-order chi connectivity index (χ0) is 14.5. The molecule has 0 aliphatic carbocycles. The van der Waals surface area contributed by atoms with E-state index in [2.05, 4.69) is 10.2 Å². The number of carbonyl (C=O) groups is 1. The minimum Gasteiger partial charge on any atom is -0.410 e. The fourth-order valence-electron chi connectivity index (χ4n) is 1.56. The van der Waals surface area contributed by atoms with E-state index in [4.69, 9.17) is 4.42 Å². The third kappa shape index (κ3) is 3.83. The fourth-order valence-corrected chi connectivity index (χ4v) is 3.10. The lowest BCUT2D eigenvalue weighted by atomic mass is 10.3. The highest BCUT2D eigenvalue weighted by molar-refractivity contribution is 7.99. The Morgan fingerprint density at radius 3 is 2.90 bits per heavy atom. The Morgan fingerprint density at radius 2 is 2.25 bits per heavy atom. The highest BCUT2D eigenvalue weighted by Crippen LogP contribution is 2.30. The van der Waals surface area contributed by atoms with Gasteiger partial charge in [-0.1, -0.05) is 11.8 Å². The average Bonchev–Trinajstić information content (AvgIpc) is 3.02. The number of rotatable bonds is 6. The van der Waals surface area contributed by atoms with Gasteiger partial charge in [-0.3, -0.25) is 4.79 Å². The molecule has 5 nitrogen and oxygen atoms in total. The number of carbonyl (C=O) groups excluding carboxylic acids is 1. The first kappa shape index (κ1) is 15.1. The first-order chi connectivity index (χ1) is 9.58. The van der Waals surface area contributed by atoms with Crippen molar-refractivity contribution < 1.29 is 9.21 Å². The molecule has 108 valence electrons. The highest BCUT2D eigenvalue weighted by atomic mass is 32.2. The zero-order valence-electron chi connectivity index (χ0n) is 11.8. The first-order valence-corrected chi connectivity index (χ1v) is 8.15. The molecule has 0 bridgehead atoms. The molecule has 20 heavy (non-hydrogen) atoms. The molecule has 1 amide bonds. The summed E-state index contributed by atoms with van der Waals surface area (Å²) in [6.45, 7) is 2.02. The van der Waals surface area contributed by atoms with Crippen molar-refractivity contribution in [1.29, 1.82) is 0 Å². The molecule has 0 atom stereocenters. The zero-order valence-corrected chi connectivity index (χ0v) is 13.4. The summed E-state index contributed by atoms with van der Waals surface area (Å²) in [5, 5.41) is 10.7. The lowest BCUT2D eigenvalue weighted by Gasteiger charge is -2.08. The van der Waals surface area contributed by atoms with Crippen molar-refractivity contribution in [2.75, 3.05) is 19.8 Å². The molecule has 0 fully saturated rings. The van der Waals surface area contributed by atoms with Crippen LogP contribution < -0.4 is 0 Å². The van der Waals surface area contributed by atoms with Crippen molar-refractivity contribution in [3.05, 3.63) is 17.0 Å². The van der Waals surface area contributed by atoms with Crippen LogP contribution >= 0.6 is 23.1 Å². The maximum Gasteiger partial charge on any atom is 0.276 e. The topological polar surface area (TPSA) is 59.2 Å². The van der Waals surface area contributed by atoms with E-state index < -0.39 is 0 Å². The third-order valence-corrected chi connectivity index (χ3v) is 4.63. The molecule has 0 saturated heterocycles. The molecule has 2 heterocycles. The number of hydrogen-bond donors (Lipinski definition) is 0. The highest BCUT2D eigenvalue weighted by Gasteiger charge is 2.12. The van der Waals surface area contributed by atoms with E-state index in [1.807, 2.05) is 18.4 Å². The Balaban J connectivity index is 1.82. The molecule has 0 aliphatic rings. The predicted octanol–water partition coefficient (Wildman–Crippen LogP) is 3.07. The predicted molar refractivity (Wildman–Crippen MR) is 81.0 cm³/mol. The van der Waals surface area contributed by atoms with Gasteiger partial charge in [-0.15, -0.1) is 21.5 Å². The van der Waals surface area contributed by atoms with Gasteiger partial charge in [0.2, 0.25) is 5.91 Å². The quantitative estimate of drug-likeness (QED) is 0.606. The van der Waals surface area contributed by atoms with Gasteiger partial charge in [-0.05, 0) is 30.4 Å². The van der Waals surface area contributed by atoms with Crippen molar-refractivity contribution in [3.63, 3.8) is 0 Å². The van der Waals surface area contributed by atoms with E-state index in [0.717, 1.165) is 22.6 Å². The Hall–Kier alpha value is -1.34. The van der Waals surface area contributed by atoms with Gasteiger partial charge in [0, 0.05) is 26.3 Å². The van der Waals surface area contributed by atoms with Crippen molar-refractivity contribution in [3.8, 4) is 10.8 Å². The van der Waals surface area contributed by atoms with Crippen molar-refractivity contribution in [1.82, 2.24) is 15.1 Å². The van der Waals surface area contributed by atoms with E-state index in [0.29, 0.717) is 17.5 Å². The van der Waals surface area contributed by atoms with Crippen LogP contribution in [0.3, 0.4) is 0 Å². The molecular weight excluding hydrogens is 294 g/mol. The SMILES string of the molecule is Cc1ccsc1-c1nnc(SCCCC(=O)N(C)C)o1. The van der Waals surface area contributed by atoms with Crippen LogP contribution in [0.4, 0.5) is 0 Å². The van der Waals surface area contributed by atoms with Crippen LogP contribution in [0.15, 0.2) is 21.1 Å². The van der Waals surface area contributed by atoms with Crippen LogP contribution in [0.2, 0.25) is 0 Å². The maximum atomic E-state index is 11.4. The molecule has 2 aromatic heterocycles. The summed E-state index contributed by atoms with van der Waals surface area (Å²) < 4.78 is 5.62. The Kier molecular flexibility index (Phi) is 5.19. The number of thiophene rings is 1. The number of aryl methyl sites for hydroxylation is 1. The molecule has 2 aromatic rings. The number of aromatic nitrogens is 2. The number of thioether (sulfide) groups is 1. The fraction of sp³-hybridized carbons (Fsp3) is 0.462. The Morgan fingerprint density at radius 1 is 1.45 bits per heavy atom. The van der Waals surface area contributed by atoms with Crippen LogP contribution in [-0.2, 0) is 4.79 Å². The van der Waals surface area contributed by atoms with Crippen LogP contribution in [0.1, 0.15) is 18.4 Å². The Bertz CT molecular complexity index is 578. The minimum absolute atomic E-state index is 0.144. The molecule has 0 N–H and O–H groups in total. The largest absolute Gasteiger partial charge is 0.410 e. The number of hydrogen-bond acceptors (Lipinski definition) is 6. The summed E-state index contributed by atoms with van der Waals surface area (Å²) in [6, 6.07) is 2.03. The number of nitrogens with zero attached hydrogens (tertiary/aromatic N) is 3. The first-order valence-electron chi connectivity index (χ1n) is 6.29. The van der Waals surface area contributed by atoms with Crippen molar-refractivity contribution in [2.24, 2.45) is 0 Å². The summed E-state index contributed by atoms with van der Waals surface area (Å²) in [5.74, 6) is 1.51. The van der Waals surface area contributed by atoms with Crippen LogP contribution in [-0.4, -0.2) is 40.9 Å². The summed E-state index contributed by atoms with van der Waals surface area (Å²) >= 11 is 3.09. The maximum absolute atomic E-state index is 11.4. The van der Waals surface area contributed by atoms with Gasteiger partial charge in [0.25, 0.3) is 11.1 Å². The lowest BCUT2D eigenvalue weighted by Crippen LogP contribution is -2.21. The minimum atomic E-state index is 0.144. The van der Waals surface area contributed by atoms with Gasteiger partial charge in [-0.2, -0.15) is 0 Å². The van der Waals surface area contributed by atoms with Gasteiger partial charge in [-0.25, -0.2) is 0 Å².